The van der Waals surface area contributed by atoms with E-state index in [2.05, 4.69) is 20.8 Å². The molecule has 21 heavy (non-hydrogen) atoms. The van der Waals surface area contributed by atoms with Gasteiger partial charge in [0.25, 0.3) is 5.91 Å². The molecule has 1 amide bonds. The Labute approximate surface area is 128 Å². The van der Waals surface area contributed by atoms with E-state index < -0.39 is 0 Å². The number of hydrogen-bond donors (Lipinski definition) is 3. The number of nitrogens with one attached hydrogen (secondary N) is 3. The van der Waals surface area contributed by atoms with Crippen LogP contribution >= 0.6 is 11.6 Å². The van der Waals surface area contributed by atoms with Gasteiger partial charge in [-0.15, -0.1) is 0 Å². The highest BCUT2D eigenvalue weighted by Gasteiger charge is 2.18. The van der Waals surface area contributed by atoms with Gasteiger partial charge in [0, 0.05) is 18.2 Å². The lowest BCUT2D eigenvalue weighted by Crippen LogP contribution is -2.45. The Morgan fingerprint density at radius 3 is 3.00 bits per heavy atom. The minimum Gasteiger partial charge on any atom is -0.347 e. The SMILES string of the molecule is O=C(NC1CCCNC1)c1cc(-c2ccccc2Cl)n[nH]1. The number of halogens is 1. The first-order chi connectivity index (χ1) is 10.2. The number of aromatic nitrogens is 2. The van der Waals surface area contributed by atoms with E-state index in [1.54, 1.807) is 12.1 Å². The fraction of sp³-hybridized carbons (Fsp3) is 0.333. The Bertz CT molecular complexity index is 634. The number of hydrogen-bond acceptors (Lipinski definition) is 3. The van der Waals surface area contributed by atoms with Crippen LogP contribution in [-0.2, 0) is 0 Å². The van der Waals surface area contributed by atoms with Gasteiger partial charge < -0.3 is 10.6 Å². The fourth-order valence-corrected chi connectivity index (χ4v) is 2.72. The van der Waals surface area contributed by atoms with Gasteiger partial charge in [0.1, 0.15) is 5.69 Å². The summed E-state index contributed by atoms with van der Waals surface area (Å²) in [4.78, 5) is 12.2. The zero-order chi connectivity index (χ0) is 14.7. The first kappa shape index (κ1) is 14.1. The molecule has 1 aliphatic rings. The van der Waals surface area contributed by atoms with Gasteiger partial charge in [-0.1, -0.05) is 29.8 Å². The molecule has 1 aliphatic heterocycles. The lowest BCUT2D eigenvalue weighted by molar-refractivity contribution is 0.0925. The van der Waals surface area contributed by atoms with Crippen molar-refractivity contribution in [3.05, 3.63) is 41.0 Å². The van der Waals surface area contributed by atoms with Crippen molar-refractivity contribution in [2.75, 3.05) is 13.1 Å². The van der Waals surface area contributed by atoms with Crippen LogP contribution in [0.3, 0.4) is 0 Å². The minimum absolute atomic E-state index is 0.130. The summed E-state index contributed by atoms with van der Waals surface area (Å²) in [6.07, 6.45) is 2.09. The molecule has 1 aromatic heterocycles. The smallest absolute Gasteiger partial charge is 0.269 e. The number of amides is 1. The van der Waals surface area contributed by atoms with Crippen LogP contribution < -0.4 is 10.6 Å². The molecule has 0 bridgehead atoms. The Balaban J connectivity index is 1.72. The van der Waals surface area contributed by atoms with Crippen molar-refractivity contribution in [2.45, 2.75) is 18.9 Å². The zero-order valence-electron chi connectivity index (χ0n) is 11.5. The van der Waals surface area contributed by atoms with E-state index in [9.17, 15) is 4.79 Å². The number of benzene rings is 1. The van der Waals surface area contributed by atoms with Crippen LogP contribution in [0.1, 0.15) is 23.3 Å². The Morgan fingerprint density at radius 2 is 2.24 bits per heavy atom. The minimum atomic E-state index is -0.130. The molecule has 2 aromatic rings. The van der Waals surface area contributed by atoms with Gasteiger partial charge in [-0.25, -0.2) is 0 Å². The number of H-pyrrole nitrogens is 1. The summed E-state index contributed by atoms with van der Waals surface area (Å²) in [6, 6.07) is 9.35. The number of rotatable bonds is 3. The maximum Gasteiger partial charge on any atom is 0.269 e. The fourth-order valence-electron chi connectivity index (χ4n) is 2.48. The molecule has 3 N–H and O–H groups in total. The van der Waals surface area contributed by atoms with Crippen molar-refractivity contribution in [1.82, 2.24) is 20.8 Å². The van der Waals surface area contributed by atoms with Crippen molar-refractivity contribution in [1.29, 1.82) is 0 Å². The van der Waals surface area contributed by atoms with Crippen molar-refractivity contribution >= 4 is 17.5 Å². The Kier molecular flexibility index (Phi) is 4.22. The molecule has 1 aromatic carbocycles. The predicted octanol–water partition coefficient (Wildman–Crippen LogP) is 2.21. The van der Waals surface area contributed by atoms with Gasteiger partial charge >= 0.3 is 0 Å². The third kappa shape index (κ3) is 3.25. The van der Waals surface area contributed by atoms with E-state index >= 15 is 0 Å². The molecule has 0 spiro atoms. The largest absolute Gasteiger partial charge is 0.347 e. The topological polar surface area (TPSA) is 69.8 Å². The first-order valence-corrected chi connectivity index (χ1v) is 7.44. The summed E-state index contributed by atoms with van der Waals surface area (Å²) in [5.41, 5.74) is 1.94. The number of carbonyl (C=O) groups is 1. The standard InChI is InChI=1S/C15H17ClN4O/c16-12-6-2-1-5-11(12)13-8-14(20-19-13)15(21)18-10-4-3-7-17-9-10/h1-2,5-6,8,10,17H,3-4,7,9H2,(H,18,21)(H,19,20). The second kappa shape index (κ2) is 6.28. The van der Waals surface area contributed by atoms with Crippen molar-refractivity contribution in [3.8, 4) is 11.3 Å². The predicted molar refractivity (Wildman–Crippen MR) is 82.4 cm³/mol. The van der Waals surface area contributed by atoms with Gasteiger partial charge in [0.05, 0.1) is 10.7 Å². The van der Waals surface area contributed by atoms with Gasteiger partial charge in [-0.2, -0.15) is 5.10 Å². The molecule has 0 saturated carbocycles. The van der Waals surface area contributed by atoms with Crippen molar-refractivity contribution < 1.29 is 4.79 Å². The zero-order valence-corrected chi connectivity index (χ0v) is 12.3. The second-order valence-electron chi connectivity index (χ2n) is 5.16. The maximum absolute atomic E-state index is 12.2. The highest BCUT2D eigenvalue weighted by atomic mass is 35.5. The van der Waals surface area contributed by atoms with Crippen LogP contribution in [0.15, 0.2) is 30.3 Å². The highest BCUT2D eigenvalue weighted by Crippen LogP contribution is 2.26. The first-order valence-electron chi connectivity index (χ1n) is 7.06. The molecular weight excluding hydrogens is 288 g/mol. The molecule has 1 saturated heterocycles. The van der Waals surface area contributed by atoms with Crippen LogP contribution in [0.4, 0.5) is 0 Å². The lowest BCUT2D eigenvalue weighted by Gasteiger charge is -2.23. The molecule has 3 rings (SSSR count). The van der Waals surface area contributed by atoms with Crippen LogP contribution in [0.25, 0.3) is 11.3 Å². The average Bonchev–Trinajstić information content (AvgIpc) is 2.98. The Hall–Kier alpha value is -1.85. The molecule has 1 unspecified atom stereocenters. The number of aromatic amines is 1. The van der Waals surface area contributed by atoms with Gasteiger partial charge in [-0.05, 0) is 31.5 Å². The van der Waals surface area contributed by atoms with Gasteiger partial charge in [0.15, 0.2) is 0 Å². The van der Waals surface area contributed by atoms with Gasteiger partial charge in [-0.3, -0.25) is 9.89 Å². The third-order valence-corrected chi connectivity index (χ3v) is 3.93. The van der Waals surface area contributed by atoms with Crippen LogP contribution in [0, 0.1) is 0 Å². The summed E-state index contributed by atoms with van der Waals surface area (Å²) < 4.78 is 0. The quantitative estimate of drug-likeness (QED) is 0.814. The molecule has 5 nitrogen and oxygen atoms in total. The molecule has 6 heteroatoms. The summed E-state index contributed by atoms with van der Waals surface area (Å²) in [7, 11) is 0. The summed E-state index contributed by atoms with van der Waals surface area (Å²) in [5.74, 6) is -0.130. The molecule has 110 valence electrons. The van der Waals surface area contributed by atoms with E-state index in [0.29, 0.717) is 16.4 Å². The average molecular weight is 305 g/mol. The van der Waals surface area contributed by atoms with E-state index in [4.69, 9.17) is 11.6 Å². The van der Waals surface area contributed by atoms with E-state index in [1.807, 2.05) is 18.2 Å². The van der Waals surface area contributed by atoms with Gasteiger partial charge in [0.2, 0.25) is 0 Å². The summed E-state index contributed by atoms with van der Waals surface area (Å²) in [6.45, 7) is 1.84. The second-order valence-corrected chi connectivity index (χ2v) is 5.57. The maximum atomic E-state index is 12.2. The Morgan fingerprint density at radius 1 is 1.38 bits per heavy atom. The molecule has 0 radical (unpaired) electrons. The summed E-state index contributed by atoms with van der Waals surface area (Å²) >= 11 is 6.14. The monoisotopic (exact) mass is 304 g/mol. The van der Waals surface area contributed by atoms with Crippen LogP contribution in [0.5, 0.6) is 0 Å². The van der Waals surface area contributed by atoms with Crippen LogP contribution in [-0.4, -0.2) is 35.2 Å². The number of carbonyl (C=O) groups excluding carboxylic acids is 1. The number of piperidine rings is 1. The van der Waals surface area contributed by atoms with Crippen molar-refractivity contribution in [2.24, 2.45) is 0 Å². The molecule has 0 aliphatic carbocycles. The third-order valence-electron chi connectivity index (χ3n) is 3.60. The van der Waals surface area contributed by atoms with E-state index in [-0.39, 0.29) is 11.9 Å². The molecule has 1 fully saturated rings. The summed E-state index contributed by atoms with van der Waals surface area (Å²) in [5, 5.41) is 13.9. The lowest BCUT2D eigenvalue weighted by atomic mass is 10.1. The van der Waals surface area contributed by atoms with Crippen LogP contribution in [0.2, 0.25) is 5.02 Å². The molecule has 2 heterocycles. The number of nitrogens with zero attached hydrogens (tertiary/aromatic N) is 1. The molecule has 1 atom stereocenters. The molecular formula is C15H17ClN4O. The van der Waals surface area contributed by atoms with Crippen molar-refractivity contribution in [3.63, 3.8) is 0 Å². The highest BCUT2D eigenvalue weighted by molar-refractivity contribution is 6.33. The van der Waals surface area contributed by atoms with E-state index in [1.165, 1.54) is 0 Å². The normalized spacial score (nSPS) is 18.4. The van der Waals surface area contributed by atoms with E-state index in [0.717, 1.165) is 31.5 Å².